The summed E-state index contributed by atoms with van der Waals surface area (Å²) in [5, 5.41) is 14.6. The first kappa shape index (κ1) is 17.8. The van der Waals surface area contributed by atoms with Gasteiger partial charge in [0.1, 0.15) is 6.07 Å². The van der Waals surface area contributed by atoms with Gasteiger partial charge in [-0.15, -0.1) is 0 Å². The first-order valence-electron chi connectivity index (χ1n) is 8.68. The highest BCUT2D eigenvalue weighted by Crippen LogP contribution is 2.34. The van der Waals surface area contributed by atoms with Crippen molar-refractivity contribution in [2.45, 2.75) is 6.92 Å². The number of rotatable bonds is 4. The van der Waals surface area contributed by atoms with E-state index >= 15 is 0 Å². The van der Waals surface area contributed by atoms with Crippen LogP contribution in [0.2, 0.25) is 5.02 Å². The van der Waals surface area contributed by atoms with E-state index < -0.39 is 0 Å². The van der Waals surface area contributed by atoms with Crippen LogP contribution < -0.4 is 5.32 Å². The van der Waals surface area contributed by atoms with Crippen molar-refractivity contribution in [1.82, 2.24) is 15.0 Å². The molecule has 0 saturated heterocycles. The van der Waals surface area contributed by atoms with E-state index in [4.69, 9.17) is 11.6 Å². The predicted octanol–water partition coefficient (Wildman–Crippen LogP) is 5.71. The van der Waals surface area contributed by atoms with Crippen molar-refractivity contribution in [3.05, 3.63) is 82.5 Å². The molecule has 28 heavy (non-hydrogen) atoms. The third-order valence-corrected chi connectivity index (χ3v) is 4.84. The van der Waals surface area contributed by atoms with Crippen LogP contribution >= 0.6 is 11.6 Å². The summed E-state index contributed by atoms with van der Waals surface area (Å²) in [5.74, 6) is 0. The Morgan fingerprint density at radius 1 is 1.21 bits per heavy atom. The monoisotopic (exact) mass is 385 g/mol. The molecule has 0 aliphatic carbocycles. The van der Waals surface area contributed by atoms with Gasteiger partial charge in [0, 0.05) is 41.4 Å². The maximum Gasteiger partial charge on any atom is 0.103 e. The van der Waals surface area contributed by atoms with Crippen LogP contribution in [0.25, 0.3) is 23.1 Å². The second-order valence-corrected chi connectivity index (χ2v) is 6.68. The number of nitrogens with one attached hydrogen (secondary N) is 2. The summed E-state index contributed by atoms with van der Waals surface area (Å²) in [6, 6.07) is 11.8. The highest BCUT2D eigenvalue weighted by atomic mass is 35.5. The molecule has 6 heteroatoms. The van der Waals surface area contributed by atoms with E-state index in [-0.39, 0.29) is 0 Å². The van der Waals surface area contributed by atoms with E-state index in [2.05, 4.69) is 26.3 Å². The maximum absolute atomic E-state index is 9.57. The zero-order valence-corrected chi connectivity index (χ0v) is 15.8. The molecule has 0 radical (unpaired) electrons. The third-order valence-electron chi connectivity index (χ3n) is 4.54. The molecule has 3 heterocycles. The lowest BCUT2D eigenvalue weighted by atomic mass is 10.1. The average molecular weight is 386 g/mol. The van der Waals surface area contributed by atoms with Crippen molar-refractivity contribution in [1.29, 1.82) is 5.26 Å². The number of benzene rings is 1. The van der Waals surface area contributed by atoms with Crippen LogP contribution in [0.15, 0.2) is 55.1 Å². The van der Waals surface area contributed by atoms with Crippen molar-refractivity contribution >= 4 is 46.0 Å². The van der Waals surface area contributed by atoms with Crippen LogP contribution in [0.3, 0.4) is 0 Å². The summed E-state index contributed by atoms with van der Waals surface area (Å²) < 4.78 is 0. The van der Waals surface area contributed by atoms with E-state index in [1.165, 1.54) is 0 Å². The fourth-order valence-corrected chi connectivity index (χ4v) is 3.34. The van der Waals surface area contributed by atoms with Crippen molar-refractivity contribution in [2.75, 3.05) is 5.32 Å². The second kappa shape index (κ2) is 7.55. The van der Waals surface area contributed by atoms with Gasteiger partial charge in [-0.25, -0.2) is 0 Å². The van der Waals surface area contributed by atoms with Gasteiger partial charge < -0.3 is 10.3 Å². The van der Waals surface area contributed by atoms with E-state index in [1.54, 1.807) is 18.6 Å². The quantitative estimate of drug-likeness (QED) is 0.472. The number of aromatic amines is 1. The van der Waals surface area contributed by atoms with Gasteiger partial charge in [-0.1, -0.05) is 17.7 Å². The lowest BCUT2D eigenvalue weighted by Gasteiger charge is -2.15. The molecule has 4 rings (SSSR count). The van der Waals surface area contributed by atoms with Gasteiger partial charge in [-0.05, 0) is 48.9 Å². The van der Waals surface area contributed by atoms with Gasteiger partial charge in [-0.3, -0.25) is 9.97 Å². The normalized spacial score (nSPS) is 11.0. The van der Waals surface area contributed by atoms with Gasteiger partial charge in [-0.2, -0.15) is 5.26 Å². The number of halogens is 1. The summed E-state index contributed by atoms with van der Waals surface area (Å²) in [6.45, 7) is 2.02. The number of H-pyrrole nitrogens is 1. The fourth-order valence-electron chi connectivity index (χ4n) is 3.07. The standard InChI is InChI=1S/C22H16ClN5/c1-14-18-7-9-27-22(18)19(23)10-20(14)28-21-15(12-25-13-16(21)11-24)5-6-17-4-2-3-8-26-17/h2-10,12-13,27H,1H3,(H,25,28). The Labute approximate surface area is 167 Å². The van der Waals surface area contributed by atoms with E-state index in [1.807, 2.05) is 55.6 Å². The number of aromatic nitrogens is 3. The minimum Gasteiger partial charge on any atom is -0.360 e. The fraction of sp³-hybridized carbons (Fsp3) is 0.0455. The van der Waals surface area contributed by atoms with Gasteiger partial charge in [0.25, 0.3) is 0 Å². The average Bonchev–Trinajstić information content (AvgIpc) is 3.22. The number of aryl methyl sites for hydroxylation is 1. The molecule has 2 N–H and O–H groups in total. The number of hydrogen-bond donors (Lipinski definition) is 2. The number of fused-ring (bicyclic) bond motifs is 1. The molecule has 0 aliphatic rings. The molecule has 3 aromatic heterocycles. The highest BCUT2D eigenvalue weighted by Gasteiger charge is 2.13. The molecule has 0 spiro atoms. The lowest BCUT2D eigenvalue weighted by Crippen LogP contribution is -2.00. The van der Waals surface area contributed by atoms with Crippen LogP contribution in [0.4, 0.5) is 11.4 Å². The Morgan fingerprint density at radius 2 is 2.11 bits per heavy atom. The molecule has 0 fully saturated rings. The predicted molar refractivity (Wildman–Crippen MR) is 113 cm³/mol. The maximum atomic E-state index is 9.57. The SMILES string of the molecule is Cc1c(Nc2c(C#N)cncc2C=Cc2ccccn2)cc(Cl)c2[nH]ccc12. The molecule has 136 valence electrons. The minimum absolute atomic E-state index is 0.452. The molecule has 0 amide bonds. The Balaban J connectivity index is 1.78. The molecule has 0 aliphatic heterocycles. The molecule has 0 bridgehead atoms. The summed E-state index contributed by atoms with van der Waals surface area (Å²) >= 11 is 6.43. The van der Waals surface area contributed by atoms with Crippen molar-refractivity contribution in [3.8, 4) is 6.07 Å². The second-order valence-electron chi connectivity index (χ2n) is 6.27. The molecule has 0 atom stereocenters. The van der Waals surface area contributed by atoms with E-state index in [9.17, 15) is 5.26 Å². The van der Waals surface area contributed by atoms with Crippen LogP contribution in [0.1, 0.15) is 22.4 Å². The largest absolute Gasteiger partial charge is 0.360 e. The van der Waals surface area contributed by atoms with Gasteiger partial charge in [0.15, 0.2) is 0 Å². The molecular weight excluding hydrogens is 370 g/mol. The molecule has 0 unspecified atom stereocenters. The minimum atomic E-state index is 0.452. The Kier molecular flexibility index (Phi) is 4.79. The Morgan fingerprint density at radius 3 is 2.89 bits per heavy atom. The van der Waals surface area contributed by atoms with Gasteiger partial charge in [0.2, 0.25) is 0 Å². The van der Waals surface area contributed by atoms with Crippen molar-refractivity contribution < 1.29 is 0 Å². The molecule has 0 saturated carbocycles. The van der Waals surface area contributed by atoms with Gasteiger partial charge in [0.05, 0.1) is 27.5 Å². The third kappa shape index (κ3) is 3.34. The number of nitriles is 1. The molecule has 1 aromatic carbocycles. The van der Waals surface area contributed by atoms with Crippen LogP contribution in [0.5, 0.6) is 0 Å². The zero-order valence-electron chi connectivity index (χ0n) is 15.1. The van der Waals surface area contributed by atoms with Crippen molar-refractivity contribution in [2.24, 2.45) is 0 Å². The summed E-state index contributed by atoms with van der Waals surface area (Å²) in [4.78, 5) is 11.6. The lowest BCUT2D eigenvalue weighted by molar-refractivity contribution is 1.28. The smallest absolute Gasteiger partial charge is 0.103 e. The first-order chi connectivity index (χ1) is 13.7. The van der Waals surface area contributed by atoms with E-state index in [0.717, 1.165) is 33.4 Å². The van der Waals surface area contributed by atoms with Crippen LogP contribution in [-0.2, 0) is 0 Å². The molecular formula is C22H16ClN5. The number of nitrogens with zero attached hydrogens (tertiary/aromatic N) is 3. The van der Waals surface area contributed by atoms with Crippen LogP contribution in [-0.4, -0.2) is 15.0 Å². The zero-order chi connectivity index (χ0) is 19.5. The molecule has 5 nitrogen and oxygen atoms in total. The van der Waals surface area contributed by atoms with Gasteiger partial charge >= 0.3 is 0 Å². The van der Waals surface area contributed by atoms with E-state index in [0.29, 0.717) is 16.3 Å². The number of hydrogen-bond acceptors (Lipinski definition) is 4. The van der Waals surface area contributed by atoms with Crippen molar-refractivity contribution in [3.63, 3.8) is 0 Å². The number of anilines is 2. The highest BCUT2D eigenvalue weighted by molar-refractivity contribution is 6.35. The number of pyridine rings is 2. The topological polar surface area (TPSA) is 77.4 Å². The summed E-state index contributed by atoms with van der Waals surface area (Å²) in [5.41, 5.74) is 5.52. The first-order valence-corrected chi connectivity index (χ1v) is 9.05. The van der Waals surface area contributed by atoms with Crippen LogP contribution in [0, 0.1) is 18.3 Å². The summed E-state index contributed by atoms with van der Waals surface area (Å²) in [6.07, 6.45) is 10.6. The Hall–Kier alpha value is -3.62. The Bertz CT molecular complexity index is 1220. The summed E-state index contributed by atoms with van der Waals surface area (Å²) in [7, 11) is 0. The molecule has 4 aromatic rings.